The number of phenols is 2. The molecule has 9 heavy (non-hydrogen) atoms. The molecule has 0 aromatic heterocycles. The molecule has 1 aromatic carbocycles. The lowest BCUT2D eigenvalue weighted by Crippen LogP contribution is -1.98. The maximum absolute atomic E-state index is 8.83. The van der Waals surface area contributed by atoms with Gasteiger partial charge in [-0.25, -0.2) is 0 Å². The lowest BCUT2D eigenvalue weighted by Gasteiger charge is -1.95. The van der Waals surface area contributed by atoms with E-state index in [2.05, 4.69) is 0 Å². The largest absolute Gasteiger partial charge is 0.508 e. The van der Waals surface area contributed by atoms with E-state index < -0.39 is 0 Å². The molecule has 1 rings (SSSR count). The van der Waals surface area contributed by atoms with Crippen molar-refractivity contribution >= 4 is 13.3 Å². The van der Waals surface area contributed by atoms with Gasteiger partial charge in [-0.3, -0.25) is 0 Å². The number of hydrogen-bond donors (Lipinski definition) is 2. The topological polar surface area (TPSA) is 40.5 Å². The van der Waals surface area contributed by atoms with Gasteiger partial charge in [0.25, 0.3) is 0 Å². The molecule has 2 nitrogen and oxygen atoms in total. The van der Waals surface area contributed by atoms with Gasteiger partial charge in [-0.2, -0.15) is 0 Å². The number of aromatic hydroxyl groups is 2. The first-order valence-corrected chi connectivity index (χ1v) is 2.68. The summed E-state index contributed by atoms with van der Waals surface area (Å²) < 4.78 is 0. The Morgan fingerprint density at radius 1 is 1.00 bits per heavy atom. The molecule has 3 heteroatoms. The van der Waals surface area contributed by atoms with Gasteiger partial charge in [0.2, 0.25) is 0 Å². The van der Waals surface area contributed by atoms with Gasteiger partial charge in [0, 0.05) is 6.07 Å². The van der Waals surface area contributed by atoms with E-state index in [1.54, 1.807) is 20.0 Å². The third kappa shape index (κ3) is 1.39. The van der Waals surface area contributed by atoms with Crippen LogP contribution in [0, 0.1) is 0 Å². The van der Waals surface area contributed by atoms with E-state index >= 15 is 0 Å². The van der Waals surface area contributed by atoms with E-state index in [0.29, 0.717) is 0 Å². The summed E-state index contributed by atoms with van der Waals surface area (Å²) in [7, 11) is 1.80. The van der Waals surface area contributed by atoms with Crippen LogP contribution in [0.4, 0.5) is 0 Å². The average molecular weight is 122 g/mol. The monoisotopic (exact) mass is 122 g/mol. The minimum atomic E-state index is 0.104. The summed E-state index contributed by atoms with van der Waals surface area (Å²) in [5.41, 5.74) is 0.854. The molecule has 0 aliphatic carbocycles. The Morgan fingerprint density at radius 2 is 1.44 bits per heavy atom. The van der Waals surface area contributed by atoms with Crippen molar-refractivity contribution in [2.24, 2.45) is 0 Å². The van der Waals surface area contributed by atoms with Crippen LogP contribution in [0.25, 0.3) is 0 Å². The molecule has 1 aromatic rings. The standard InChI is InChI=1S/C6H7BO2/c7-4-1-5(8)3-6(9)2-4/h1-3,8-9H,7H2. The number of rotatable bonds is 0. The molecule has 0 saturated carbocycles. The van der Waals surface area contributed by atoms with Crippen molar-refractivity contribution in [3.8, 4) is 11.5 Å². The molecule has 0 amide bonds. The molecule has 0 bridgehead atoms. The first-order valence-electron chi connectivity index (χ1n) is 2.68. The highest BCUT2D eigenvalue weighted by Gasteiger charge is 1.91. The molecular formula is C6H7BO2. The van der Waals surface area contributed by atoms with Gasteiger partial charge in [0.1, 0.15) is 19.3 Å². The Labute approximate surface area is 54.2 Å². The molecule has 0 radical (unpaired) electrons. The Morgan fingerprint density at radius 3 is 1.78 bits per heavy atom. The normalized spacial score (nSPS) is 9.33. The van der Waals surface area contributed by atoms with Crippen LogP contribution in [-0.2, 0) is 0 Å². The minimum Gasteiger partial charge on any atom is -0.508 e. The predicted octanol–water partition coefficient (Wildman–Crippen LogP) is -0.644. The summed E-state index contributed by atoms with van der Waals surface area (Å²) in [5, 5.41) is 17.7. The Bertz CT molecular complexity index is 172. The van der Waals surface area contributed by atoms with Crippen molar-refractivity contribution in [1.82, 2.24) is 0 Å². The van der Waals surface area contributed by atoms with Crippen molar-refractivity contribution in [1.29, 1.82) is 0 Å². The molecule has 46 valence electrons. The fourth-order valence-electron chi connectivity index (χ4n) is 0.743. The Hall–Kier alpha value is -1.12. The minimum absolute atomic E-state index is 0.104. The van der Waals surface area contributed by atoms with E-state index in [1.807, 2.05) is 0 Å². The van der Waals surface area contributed by atoms with Gasteiger partial charge in [-0.05, 0) is 12.1 Å². The maximum atomic E-state index is 8.83. The zero-order valence-electron chi connectivity index (χ0n) is 5.13. The van der Waals surface area contributed by atoms with Crippen molar-refractivity contribution < 1.29 is 10.2 Å². The first-order chi connectivity index (χ1) is 4.18. The Kier molecular flexibility index (Phi) is 1.34. The fourth-order valence-corrected chi connectivity index (χ4v) is 0.743. The lowest BCUT2D eigenvalue weighted by molar-refractivity contribution is 0.451. The van der Waals surface area contributed by atoms with Gasteiger partial charge in [-0.15, -0.1) is 0 Å². The van der Waals surface area contributed by atoms with Crippen LogP contribution in [0.5, 0.6) is 11.5 Å². The second kappa shape index (κ2) is 2.01. The van der Waals surface area contributed by atoms with Gasteiger partial charge < -0.3 is 10.2 Å². The highest BCUT2D eigenvalue weighted by atomic mass is 16.3. The molecule has 0 unspecified atom stereocenters. The van der Waals surface area contributed by atoms with Crippen LogP contribution in [0.15, 0.2) is 18.2 Å². The Balaban J connectivity index is 3.17. The van der Waals surface area contributed by atoms with Gasteiger partial charge in [0.15, 0.2) is 0 Å². The van der Waals surface area contributed by atoms with E-state index in [1.165, 1.54) is 6.07 Å². The zero-order chi connectivity index (χ0) is 6.85. The van der Waals surface area contributed by atoms with Crippen LogP contribution in [0.2, 0.25) is 0 Å². The highest BCUT2D eigenvalue weighted by Crippen LogP contribution is 2.13. The molecule has 0 heterocycles. The summed E-state index contributed by atoms with van der Waals surface area (Å²) >= 11 is 0. The molecular weight excluding hydrogens is 115 g/mol. The van der Waals surface area contributed by atoms with E-state index in [4.69, 9.17) is 10.2 Å². The first kappa shape index (κ1) is 6.01. The van der Waals surface area contributed by atoms with Crippen LogP contribution in [0.3, 0.4) is 0 Å². The predicted molar refractivity (Wildman–Crippen MR) is 37.9 cm³/mol. The van der Waals surface area contributed by atoms with Crippen LogP contribution in [-0.4, -0.2) is 18.1 Å². The molecule has 0 aliphatic heterocycles. The van der Waals surface area contributed by atoms with Gasteiger partial charge in [0.05, 0.1) is 0 Å². The third-order valence-electron chi connectivity index (χ3n) is 1.05. The summed E-state index contributed by atoms with van der Waals surface area (Å²) in [6.07, 6.45) is 0. The number of benzene rings is 1. The van der Waals surface area contributed by atoms with Crippen LogP contribution >= 0.6 is 0 Å². The average Bonchev–Trinajstić information content (AvgIpc) is 1.59. The SMILES string of the molecule is Bc1cc(O)cc(O)c1. The van der Waals surface area contributed by atoms with E-state index in [-0.39, 0.29) is 11.5 Å². The van der Waals surface area contributed by atoms with Gasteiger partial charge >= 0.3 is 0 Å². The summed E-state index contributed by atoms with van der Waals surface area (Å²) in [5.74, 6) is 0.208. The highest BCUT2D eigenvalue weighted by molar-refractivity contribution is 6.32. The molecule has 0 aliphatic rings. The second-order valence-corrected chi connectivity index (χ2v) is 2.03. The fraction of sp³-hybridized carbons (Fsp3) is 0. The summed E-state index contributed by atoms with van der Waals surface area (Å²) in [6, 6.07) is 4.46. The summed E-state index contributed by atoms with van der Waals surface area (Å²) in [6.45, 7) is 0. The van der Waals surface area contributed by atoms with Crippen LogP contribution in [0.1, 0.15) is 0 Å². The lowest BCUT2D eigenvalue weighted by atomic mass is 9.96. The smallest absolute Gasteiger partial charge is 0.139 e. The van der Waals surface area contributed by atoms with Gasteiger partial charge in [-0.1, -0.05) is 5.46 Å². The maximum Gasteiger partial charge on any atom is 0.139 e. The quantitative estimate of drug-likeness (QED) is 0.449. The van der Waals surface area contributed by atoms with E-state index in [0.717, 1.165) is 5.46 Å². The van der Waals surface area contributed by atoms with Crippen molar-refractivity contribution in [3.63, 3.8) is 0 Å². The van der Waals surface area contributed by atoms with E-state index in [9.17, 15) is 0 Å². The third-order valence-corrected chi connectivity index (χ3v) is 1.05. The van der Waals surface area contributed by atoms with Crippen molar-refractivity contribution in [3.05, 3.63) is 18.2 Å². The molecule has 0 saturated heterocycles. The number of hydrogen-bond acceptors (Lipinski definition) is 2. The molecule has 0 atom stereocenters. The number of phenolic OH excluding ortho intramolecular Hbond substituents is 2. The molecule has 2 N–H and O–H groups in total. The summed E-state index contributed by atoms with van der Waals surface area (Å²) in [4.78, 5) is 0. The molecule has 0 fully saturated rings. The molecule has 0 spiro atoms. The van der Waals surface area contributed by atoms with Crippen LogP contribution < -0.4 is 5.46 Å². The second-order valence-electron chi connectivity index (χ2n) is 2.03. The van der Waals surface area contributed by atoms with Crippen molar-refractivity contribution in [2.75, 3.05) is 0 Å². The van der Waals surface area contributed by atoms with Crippen molar-refractivity contribution in [2.45, 2.75) is 0 Å². The zero-order valence-corrected chi connectivity index (χ0v) is 5.13.